The third-order valence-electron chi connectivity index (χ3n) is 7.56. The standard InChI is InChI=1S/C28H33N3O3/c32-19-25-27(22-15-13-21(14-16-22)12-11-20-7-3-1-4-8-20)24-17-30(18-26(33)31(24)25)28(34)29-23-9-5-2-6-10-23/h1,3-4,7-8,11-16,23-25,27,32H,2,5-6,9-10,17-19H2,(H,29,34)/b12-11+/t24-,25+,27+/m1/s1. The van der Waals surface area contributed by atoms with Crippen molar-refractivity contribution in [1.82, 2.24) is 15.1 Å². The summed E-state index contributed by atoms with van der Waals surface area (Å²) < 4.78 is 0. The summed E-state index contributed by atoms with van der Waals surface area (Å²) in [7, 11) is 0. The number of hydrogen-bond donors (Lipinski definition) is 2. The van der Waals surface area contributed by atoms with Gasteiger partial charge in [-0.05, 0) is 29.5 Å². The second-order valence-electron chi connectivity index (χ2n) is 9.72. The molecule has 178 valence electrons. The Kier molecular flexibility index (Phi) is 6.68. The summed E-state index contributed by atoms with van der Waals surface area (Å²) in [5, 5.41) is 13.2. The van der Waals surface area contributed by atoms with E-state index in [0.717, 1.165) is 42.4 Å². The number of carbonyl (C=O) groups excluding carboxylic acids is 2. The summed E-state index contributed by atoms with van der Waals surface area (Å²) >= 11 is 0. The van der Waals surface area contributed by atoms with Crippen LogP contribution in [0.1, 0.15) is 54.7 Å². The molecule has 2 aromatic rings. The molecule has 0 spiro atoms. The summed E-state index contributed by atoms with van der Waals surface area (Å²) in [6.07, 6.45) is 9.73. The van der Waals surface area contributed by atoms with Crippen LogP contribution in [0.4, 0.5) is 4.79 Å². The largest absolute Gasteiger partial charge is 0.394 e. The van der Waals surface area contributed by atoms with Crippen molar-refractivity contribution < 1.29 is 14.7 Å². The maximum atomic E-state index is 12.9. The average Bonchev–Trinajstić information content (AvgIpc) is 2.86. The minimum absolute atomic E-state index is 0.0198. The molecule has 6 nitrogen and oxygen atoms in total. The lowest BCUT2D eigenvalue weighted by atomic mass is 9.73. The van der Waals surface area contributed by atoms with E-state index in [0.29, 0.717) is 6.54 Å². The SMILES string of the molecule is O=C(NC1CCCCC1)N1CC(=O)N2[C@H](C1)[C@H](c1ccc(/C=C/c3ccccc3)cc1)[C@@H]2CO. The Bertz CT molecular complexity index is 1030. The summed E-state index contributed by atoms with van der Waals surface area (Å²) in [6.45, 7) is 0.513. The first-order valence-corrected chi connectivity index (χ1v) is 12.4. The van der Waals surface area contributed by atoms with Crippen molar-refractivity contribution in [3.05, 3.63) is 71.3 Å². The van der Waals surface area contributed by atoms with Crippen LogP contribution < -0.4 is 5.32 Å². The predicted molar refractivity (Wildman–Crippen MR) is 133 cm³/mol. The highest BCUT2D eigenvalue weighted by Gasteiger charge is 2.54. The number of fused-ring (bicyclic) bond motifs is 1. The van der Waals surface area contributed by atoms with Crippen molar-refractivity contribution in [3.63, 3.8) is 0 Å². The summed E-state index contributed by atoms with van der Waals surface area (Å²) in [4.78, 5) is 29.2. The Morgan fingerprint density at radius 3 is 2.32 bits per heavy atom. The Morgan fingerprint density at radius 1 is 0.971 bits per heavy atom. The number of aliphatic hydroxyl groups excluding tert-OH is 1. The van der Waals surface area contributed by atoms with E-state index >= 15 is 0 Å². The van der Waals surface area contributed by atoms with Crippen LogP contribution >= 0.6 is 0 Å². The Balaban J connectivity index is 1.27. The first kappa shape index (κ1) is 22.7. The van der Waals surface area contributed by atoms with E-state index < -0.39 is 0 Å². The van der Waals surface area contributed by atoms with Crippen LogP contribution in [0.3, 0.4) is 0 Å². The van der Waals surface area contributed by atoms with Crippen LogP contribution in [0.5, 0.6) is 0 Å². The van der Waals surface area contributed by atoms with Crippen molar-refractivity contribution in [2.75, 3.05) is 19.7 Å². The molecule has 3 aliphatic rings. The molecule has 6 heteroatoms. The van der Waals surface area contributed by atoms with Gasteiger partial charge in [-0.25, -0.2) is 4.79 Å². The van der Waals surface area contributed by atoms with Gasteiger partial charge in [0.1, 0.15) is 6.54 Å². The maximum absolute atomic E-state index is 12.9. The number of nitrogens with one attached hydrogen (secondary N) is 1. The molecule has 2 aliphatic heterocycles. The maximum Gasteiger partial charge on any atom is 0.318 e. The van der Waals surface area contributed by atoms with Gasteiger partial charge < -0.3 is 20.2 Å². The lowest BCUT2D eigenvalue weighted by Gasteiger charge is -2.58. The van der Waals surface area contributed by atoms with E-state index in [1.165, 1.54) is 6.42 Å². The normalized spacial score (nSPS) is 25.2. The van der Waals surface area contributed by atoms with Crippen molar-refractivity contribution in [2.45, 2.75) is 56.1 Å². The molecule has 2 N–H and O–H groups in total. The number of piperazine rings is 1. The van der Waals surface area contributed by atoms with Crippen LogP contribution in [0.2, 0.25) is 0 Å². The fourth-order valence-electron chi connectivity index (χ4n) is 5.75. The zero-order valence-corrected chi connectivity index (χ0v) is 19.5. The van der Waals surface area contributed by atoms with E-state index in [-0.39, 0.29) is 49.1 Å². The molecular weight excluding hydrogens is 426 g/mol. The van der Waals surface area contributed by atoms with Crippen LogP contribution in [-0.4, -0.2) is 64.7 Å². The Morgan fingerprint density at radius 2 is 1.65 bits per heavy atom. The Hall–Kier alpha value is -3.12. The molecule has 2 heterocycles. The van der Waals surface area contributed by atoms with Gasteiger partial charge in [0.05, 0.1) is 18.7 Å². The highest BCUT2D eigenvalue weighted by molar-refractivity contribution is 5.87. The van der Waals surface area contributed by atoms with E-state index in [1.54, 1.807) is 9.80 Å². The second kappa shape index (κ2) is 10.0. The lowest BCUT2D eigenvalue weighted by Crippen LogP contribution is -2.74. The number of aliphatic hydroxyl groups is 1. The Labute approximate surface area is 201 Å². The van der Waals surface area contributed by atoms with Gasteiger partial charge in [0.2, 0.25) is 5.91 Å². The van der Waals surface area contributed by atoms with Crippen molar-refractivity contribution in [2.24, 2.45) is 0 Å². The summed E-state index contributed by atoms with van der Waals surface area (Å²) in [5.41, 5.74) is 3.34. The number of hydrogen-bond acceptors (Lipinski definition) is 3. The number of nitrogens with zero attached hydrogens (tertiary/aromatic N) is 2. The van der Waals surface area contributed by atoms with Crippen molar-refractivity contribution in [3.8, 4) is 0 Å². The quantitative estimate of drug-likeness (QED) is 0.667. The van der Waals surface area contributed by atoms with Gasteiger partial charge in [0.25, 0.3) is 0 Å². The molecule has 1 aliphatic carbocycles. The van der Waals surface area contributed by atoms with Crippen LogP contribution in [0.15, 0.2) is 54.6 Å². The van der Waals surface area contributed by atoms with Gasteiger partial charge in [-0.3, -0.25) is 4.79 Å². The molecule has 34 heavy (non-hydrogen) atoms. The fourth-order valence-corrected chi connectivity index (χ4v) is 5.75. The number of urea groups is 1. The molecular formula is C28H33N3O3. The summed E-state index contributed by atoms with van der Waals surface area (Å²) in [5.74, 6) is -0.0563. The van der Waals surface area contributed by atoms with Gasteiger partial charge in [0, 0.05) is 18.5 Å². The minimum atomic E-state index is -0.230. The first-order valence-electron chi connectivity index (χ1n) is 12.4. The van der Waals surface area contributed by atoms with Crippen LogP contribution in [0, 0.1) is 0 Å². The number of carbonyl (C=O) groups is 2. The van der Waals surface area contributed by atoms with Crippen LogP contribution in [0.25, 0.3) is 12.2 Å². The van der Waals surface area contributed by atoms with Crippen LogP contribution in [-0.2, 0) is 4.79 Å². The minimum Gasteiger partial charge on any atom is -0.394 e. The van der Waals surface area contributed by atoms with Gasteiger partial charge >= 0.3 is 6.03 Å². The van der Waals surface area contributed by atoms with Gasteiger partial charge in [0.15, 0.2) is 0 Å². The third kappa shape index (κ3) is 4.60. The number of rotatable bonds is 5. The van der Waals surface area contributed by atoms with E-state index in [9.17, 15) is 14.7 Å². The van der Waals surface area contributed by atoms with Gasteiger partial charge in [-0.15, -0.1) is 0 Å². The van der Waals surface area contributed by atoms with Crippen molar-refractivity contribution >= 4 is 24.1 Å². The molecule has 3 atom stereocenters. The van der Waals surface area contributed by atoms with E-state index in [2.05, 4.69) is 53.9 Å². The van der Waals surface area contributed by atoms with E-state index in [1.807, 2.05) is 18.2 Å². The lowest BCUT2D eigenvalue weighted by molar-refractivity contribution is -0.159. The van der Waals surface area contributed by atoms with E-state index in [4.69, 9.17) is 0 Å². The highest BCUT2D eigenvalue weighted by atomic mass is 16.3. The molecule has 1 saturated carbocycles. The number of benzene rings is 2. The summed E-state index contributed by atoms with van der Waals surface area (Å²) in [6, 6.07) is 18.2. The molecule has 0 radical (unpaired) electrons. The third-order valence-corrected chi connectivity index (χ3v) is 7.56. The fraction of sp³-hybridized carbons (Fsp3) is 0.429. The molecule has 0 aromatic heterocycles. The smallest absolute Gasteiger partial charge is 0.318 e. The molecule has 2 saturated heterocycles. The molecule has 0 unspecified atom stereocenters. The van der Waals surface area contributed by atoms with Gasteiger partial charge in [-0.1, -0.05) is 86.0 Å². The first-order chi connectivity index (χ1) is 16.6. The topological polar surface area (TPSA) is 72.9 Å². The molecule has 5 rings (SSSR count). The van der Waals surface area contributed by atoms with Crippen molar-refractivity contribution in [1.29, 1.82) is 0 Å². The second-order valence-corrected chi connectivity index (χ2v) is 9.72. The molecule has 3 fully saturated rings. The monoisotopic (exact) mass is 459 g/mol. The average molecular weight is 460 g/mol. The molecule has 0 bridgehead atoms. The van der Waals surface area contributed by atoms with Gasteiger partial charge in [-0.2, -0.15) is 0 Å². The molecule has 3 amide bonds. The molecule has 2 aromatic carbocycles. The number of amides is 3. The zero-order valence-electron chi connectivity index (χ0n) is 19.5. The predicted octanol–water partition coefficient (Wildman–Crippen LogP) is 3.87. The highest BCUT2D eigenvalue weighted by Crippen LogP contribution is 2.43. The zero-order chi connectivity index (χ0) is 23.5.